The first kappa shape index (κ1) is 18.9. The first-order valence-corrected chi connectivity index (χ1v) is 10.2. The second-order valence-corrected chi connectivity index (χ2v) is 8.10. The Hall–Kier alpha value is -2.43. The van der Waals surface area contributed by atoms with Crippen LogP contribution < -0.4 is 15.8 Å². The Balaban J connectivity index is 1.42. The zero-order chi connectivity index (χ0) is 19.7. The molecule has 1 fully saturated rings. The molecule has 2 aromatic heterocycles. The van der Waals surface area contributed by atoms with Gasteiger partial charge in [0.25, 0.3) is 5.91 Å². The summed E-state index contributed by atoms with van der Waals surface area (Å²) in [6.07, 6.45) is 0. The third-order valence-corrected chi connectivity index (χ3v) is 5.98. The van der Waals surface area contributed by atoms with Crippen molar-refractivity contribution >= 4 is 55.2 Å². The number of aryl methyl sites for hydroxylation is 1. The van der Waals surface area contributed by atoms with E-state index in [2.05, 4.69) is 36.7 Å². The molecule has 4 rings (SSSR count). The number of amides is 2. The SMILES string of the molecule is Cc1nc(N2CCOCC2)sc1C(=O)NNC(=O)c1cc2cc(Br)ccc2o1. The van der Waals surface area contributed by atoms with Crippen LogP contribution in [-0.4, -0.2) is 43.1 Å². The first-order valence-electron chi connectivity index (χ1n) is 8.61. The quantitative estimate of drug-likeness (QED) is 0.578. The lowest BCUT2D eigenvalue weighted by atomic mass is 10.2. The molecule has 8 nitrogen and oxygen atoms in total. The standard InChI is InChI=1S/C18H17BrN4O4S/c1-10-15(28-18(20-10)23-4-6-26-7-5-23)17(25)22-21-16(24)14-9-11-8-12(19)2-3-13(11)27-14/h2-3,8-9H,4-7H2,1H3,(H,21,24)(H,22,25). The Morgan fingerprint density at radius 3 is 2.71 bits per heavy atom. The Morgan fingerprint density at radius 1 is 1.18 bits per heavy atom. The van der Waals surface area contributed by atoms with Gasteiger partial charge in [0.1, 0.15) is 10.5 Å². The van der Waals surface area contributed by atoms with Crippen LogP contribution in [0.15, 0.2) is 33.2 Å². The van der Waals surface area contributed by atoms with Gasteiger partial charge in [-0.05, 0) is 31.2 Å². The number of fused-ring (bicyclic) bond motifs is 1. The predicted molar refractivity (Wildman–Crippen MR) is 109 cm³/mol. The summed E-state index contributed by atoms with van der Waals surface area (Å²) in [6, 6.07) is 7.06. The van der Waals surface area contributed by atoms with Gasteiger partial charge in [-0.1, -0.05) is 27.3 Å². The Bertz CT molecular complexity index is 1040. The molecule has 1 aliphatic rings. The molecular weight excluding hydrogens is 448 g/mol. The molecular formula is C18H17BrN4O4S. The van der Waals surface area contributed by atoms with Crippen LogP contribution in [0.5, 0.6) is 0 Å². The van der Waals surface area contributed by atoms with Crippen molar-refractivity contribution < 1.29 is 18.7 Å². The van der Waals surface area contributed by atoms with Gasteiger partial charge in [0.2, 0.25) is 0 Å². The zero-order valence-electron chi connectivity index (χ0n) is 15.0. The number of furan rings is 1. The van der Waals surface area contributed by atoms with Gasteiger partial charge in [0.05, 0.1) is 18.9 Å². The summed E-state index contributed by atoms with van der Waals surface area (Å²) in [5.74, 6) is -0.832. The van der Waals surface area contributed by atoms with E-state index >= 15 is 0 Å². The second kappa shape index (κ2) is 7.90. The van der Waals surface area contributed by atoms with Crippen molar-refractivity contribution in [2.45, 2.75) is 6.92 Å². The maximum absolute atomic E-state index is 12.5. The molecule has 1 aliphatic heterocycles. The highest BCUT2D eigenvalue weighted by Crippen LogP contribution is 2.27. The summed E-state index contributed by atoms with van der Waals surface area (Å²) in [6.45, 7) is 4.54. The molecule has 146 valence electrons. The van der Waals surface area contributed by atoms with E-state index in [0.29, 0.717) is 29.4 Å². The minimum atomic E-state index is -0.531. The van der Waals surface area contributed by atoms with Gasteiger partial charge in [-0.15, -0.1) is 0 Å². The average molecular weight is 465 g/mol. The number of halogens is 1. The Labute approximate surface area is 173 Å². The molecule has 1 saturated heterocycles. The van der Waals surface area contributed by atoms with Crippen molar-refractivity contribution in [3.63, 3.8) is 0 Å². The first-order chi connectivity index (χ1) is 13.5. The number of aromatic nitrogens is 1. The van der Waals surface area contributed by atoms with Gasteiger partial charge >= 0.3 is 5.91 Å². The molecule has 1 aromatic carbocycles. The van der Waals surface area contributed by atoms with E-state index in [4.69, 9.17) is 9.15 Å². The molecule has 0 atom stereocenters. The van der Waals surface area contributed by atoms with Crippen LogP contribution in [0.1, 0.15) is 25.9 Å². The van der Waals surface area contributed by atoms with Crippen LogP contribution in [-0.2, 0) is 4.74 Å². The van der Waals surface area contributed by atoms with Crippen LogP contribution in [0.4, 0.5) is 5.13 Å². The lowest BCUT2D eigenvalue weighted by molar-refractivity contribution is 0.0833. The van der Waals surface area contributed by atoms with Crippen LogP contribution in [0, 0.1) is 6.92 Å². The molecule has 28 heavy (non-hydrogen) atoms. The molecule has 0 radical (unpaired) electrons. The Kier molecular flexibility index (Phi) is 5.33. The van der Waals surface area contributed by atoms with Crippen LogP contribution >= 0.6 is 27.3 Å². The number of benzene rings is 1. The molecule has 2 N–H and O–H groups in total. The number of anilines is 1. The molecule has 0 aliphatic carbocycles. The molecule has 2 amide bonds. The van der Waals surface area contributed by atoms with Crippen molar-refractivity contribution in [1.82, 2.24) is 15.8 Å². The second-order valence-electron chi connectivity index (χ2n) is 6.21. The summed E-state index contributed by atoms with van der Waals surface area (Å²) < 4.78 is 11.7. The summed E-state index contributed by atoms with van der Waals surface area (Å²) in [7, 11) is 0. The number of hydrogen-bond acceptors (Lipinski definition) is 7. The number of thiazole rings is 1. The maximum atomic E-state index is 12.5. The van der Waals surface area contributed by atoms with Crippen molar-refractivity contribution in [2.75, 3.05) is 31.2 Å². The fourth-order valence-electron chi connectivity index (χ4n) is 2.84. The minimum absolute atomic E-state index is 0.114. The Morgan fingerprint density at radius 2 is 1.93 bits per heavy atom. The van der Waals surface area contributed by atoms with Gasteiger partial charge in [-0.3, -0.25) is 20.4 Å². The lowest BCUT2D eigenvalue weighted by Crippen LogP contribution is -2.41. The summed E-state index contributed by atoms with van der Waals surface area (Å²) in [5.41, 5.74) is 6.03. The molecule has 0 spiro atoms. The molecule has 0 unspecified atom stereocenters. The monoisotopic (exact) mass is 464 g/mol. The van der Waals surface area contributed by atoms with Gasteiger partial charge in [-0.2, -0.15) is 0 Å². The summed E-state index contributed by atoms with van der Waals surface area (Å²) in [5, 5.41) is 1.57. The number of nitrogens with one attached hydrogen (secondary N) is 2. The minimum Gasteiger partial charge on any atom is -0.451 e. The normalized spacial score (nSPS) is 14.3. The van der Waals surface area contributed by atoms with Crippen LogP contribution in [0.2, 0.25) is 0 Å². The van der Waals surface area contributed by atoms with E-state index in [9.17, 15) is 9.59 Å². The number of hydrogen-bond donors (Lipinski definition) is 2. The largest absolute Gasteiger partial charge is 0.451 e. The van der Waals surface area contributed by atoms with E-state index in [1.807, 2.05) is 12.1 Å². The van der Waals surface area contributed by atoms with E-state index in [1.54, 1.807) is 19.1 Å². The molecule has 3 aromatic rings. The smallest absolute Gasteiger partial charge is 0.305 e. The fourth-order valence-corrected chi connectivity index (χ4v) is 4.23. The predicted octanol–water partition coefficient (Wildman–Crippen LogP) is 2.87. The molecule has 3 heterocycles. The fraction of sp³-hybridized carbons (Fsp3) is 0.278. The van der Waals surface area contributed by atoms with E-state index < -0.39 is 11.8 Å². The highest BCUT2D eigenvalue weighted by Gasteiger charge is 2.21. The molecule has 0 bridgehead atoms. The van der Waals surface area contributed by atoms with Crippen LogP contribution in [0.3, 0.4) is 0 Å². The topological polar surface area (TPSA) is 96.7 Å². The lowest BCUT2D eigenvalue weighted by Gasteiger charge is -2.25. The highest BCUT2D eigenvalue weighted by molar-refractivity contribution is 9.10. The third-order valence-electron chi connectivity index (χ3n) is 4.26. The zero-order valence-corrected chi connectivity index (χ0v) is 17.4. The number of morpholine rings is 1. The summed E-state index contributed by atoms with van der Waals surface area (Å²) >= 11 is 4.67. The number of nitrogens with zero attached hydrogens (tertiary/aromatic N) is 2. The van der Waals surface area contributed by atoms with Gasteiger partial charge in [0.15, 0.2) is 10.9 Å². The van der Waals surface area contributed by atoms with Gasteiger partial charge in [0, 0.05) is 22.9 Å². The van der Waals surface area contributed by atoms with Crippen molar-refractivity contribution in [3.8, 4) is 0 Å². The third kappa shape index (κ3) is 3.89. The summed E-state index contributed by atoms with van der Waals surface area (Å²) in [4.78, 5) is 31.8. The maximum Gasteiger partial charge on any atom is 0.305 e. The van der Waals surface area contributed by atoms with E-state index in [0.717, 1.165) is 28.1 Å². The molecule has 10 heteroatoms. The number of rotatable bonds is 3. The van der Waals surface area contributed by atoms with E-state index in [1.165, 1.54) is 11.3 Å². The van der Waals surface area contributed by atoms with Crippen LogP contribution in [0.25, 0.3) is 11.0 Å². The van der Waals surface area contributed by atoms with Crippen molar-refractivity contribution in [3.05, 3.63) is 45.1 Å². The van der Waals surface area contributed by atoms with Gasteiger partial charge < -0.3 is 14.1 Å². The molecule has 0 saturated carbocycles. The average Bonchev–Trinajstić information content (AvgIpc) is 3.29. The van der Waals surface area contributed by atoms with E-state index in [-0.39, 0.29) is 5.76 Å². The number of ether oxygens (including phenoxy) is 1. The number of hydrazine groups is 1. The highest BCUT2D eigenvalue weighted by atomic mass is 79.9. The van der Waals surface area contributed by atoms with Crippen molar-refractivity contribution in [2.24, 2.45) is 0 Å². The van der Waals surface area contributed by atoms with Gasteiger partial charge in [-0.25, -0.2) is 4.98 Å². The number of carbonyl (C=O) groups is 2. The van der Waals surface area contributed by atoms with Crippen molar-refractivity contribution in [1.29, 1.82) is 0 Å². The number of carbonyl (C=O) groups excluding carboxylic acids is 2.